The Balaban J connectivity index is 2.67. The second-order valence-corrected chi connectivity index (χ2v) is 4.10. The summed E-state index contributed by atoms with van der Waals surface area (Å²) in [5.74, 6) is 1.11. The smallest absolute Gasteiger partial charge is 0.221 e. The molecule has 0 aliphatic heterocycles. The van der Waals surface area contributed by atoms with Gasteiger partial charge in [-0.15, -0.1) is 0 Å². The zero-order valence-electron chi connectivity index (χ0n) is 9.00. The summed E-state index contributed by atoms with van der Waals surface area (Å²) < 4.78 is 5.23. The van der Waals surface area contributed by atoms with Crippen LogP contribution in [0, 0.1) is 5.92 Å². The highest BCUT2D eigenvalue weighted by atomic mass is 35.5. The highest BCUT2D eigenvalue weighted by molar-refractivity contribution is 6.63. The van der Waals surface area contributed by atoms with E-state index in [0.717, 1.165) is 17.7 Å². The zero-order chi connectivity index (χ0) is 11.3. The molecule has 0 bridgehead atoms. The van der Waals surface area contributed by atoms with E-state index in [-0.39, 0.29) is 11.2 Å². The van der Waals surface area contributed by atoms with Crippen LogP contribution in [0.2, 0.25) is 0 Å². The topological polar surface area (TPSA) is 26.3 Å². The lowest BCUT2D eigenvalue weighted by Crippen LogP contribution is -2.04. The van der Waals surface area contributed by atoms with Crippen molar-refractivity contribution in [3.8, 4) is 5.75 Å². The number of hydrogen-bond acceptors (Lipinski definition) is 2. The summed E-state index contributed by atoms with van der Waals surface area (Å²) in [4.78, 5) is 10.7. The summed E-state index contributed by atoms with van der Waals surface area (Å²) in [5.41, 5.74) is 1.12. The van der Waals surface area contributed by atoms with E-state index in [1.165, 1.54) is 0 Å². The summed E-state index contributed by atoms with van der Waals surface area (Å²) in [6.45, 7) is 2.01. The third-order valence-electron chi connectivity index (χ3n) is 2.27. The van der Waals surface area contributed by atoms with E-state index >= 15 is 0 Å². The number of hydrogen-bond donors (Lipinski definition) is 0. The van der Waals surface area contributed by atoms with Crippen LogP contribution in [-0.4, -0.2) is 12.4 Å². The standard InChI is InChI=1S/C12H15ClO2/c1-9(8-12(13)14)7-10-5-3-4-6-11(10)15-2/h3-6,9H,7-8H2,1-2H3. The first-order valence-corrected chi connectivity index (χ1v) is 5.31. The minimum Gasteiger partial charge on any atom is -0.496 e. The molecule has 0 aliphatic carbocycles. The van der Waals surface area contributed by atoms with E-state index in [4.69, 9.17) is 16.3 Å². The lowest BCUT2D eigenvalue weighted by molar-refractivity contribution is -0.112. The van der Waals surface area contributed by atoms with Gasteiger partial charge >= 0.3 is 0 Å². The average Bonchev–Trinajstić information content (AvgIpc) is 2.17. The number of carbonyl (C=O) groups excluding carboxylic acids is 1. The quantitative estimate of drug-likeness (QED) is 0.722. The van der Waals surface area contributed by atoms with Crippen molar-refractivity contribution in [3.05, 3.63) is 29.8 Å². The Morgan fingerprint density at radius 3 is 2.73 bits per heavy atom. The van der Waals surface area contributed by atoms with Crippen molar-refractivity contribution >= 4 is 16.8 Å². The Labute approximate surface area is 95.2 Å². The molecule has 0 fully saturated rings. The summed E-state index contributed by atoms with van der Waals surface area (Å²) >= 11 is 5.34. The molecule has 1 rings (SSSR count). The van der Waals surface area contributed by atoms with Crippen LogP contribution in [0.1, 0.15) is 18.9 Å². The van der Waals surface area contributed by atoms with Gasteiger partial charge < -0.3 is 4.74 Å². The molecular weight excluding hydrogens is 212 g/mol. The van der Waals surface area contributed by atoms with Gasteiger partial charge in [0.15, 0.2) is 0 Å². The molecule has 0 saturated carbocycles. The number of carbonyl (C=O) groups is 1. The van der Waals surface area contributed by atoms with Gasteiger partial charge in [-0.2, -0.15) is 0 Å². The number of halogens is 1. The van der Waals surface area contributed by atoms with Crippen LogP contribution in [0.25, 0.3) is 0 Å². The Morgan fingerprint density at radius 2 is 2.13 bits per heavy atom. The first-order valence-electron chi connectivity index (χ1n) is 4.93. The van der Waals surface area contributed by atoms with Crippen LogP contribution in [0.5, 0.6) is 5.75 Å². The maximum absolute atomic E-state index is 10.7. The lowest BCUT2D eigenvalue weighted by atomic mass is 9.98. The van der Waals surface area contributed by atoms with Crippen LogP contribution < -0.4 is 4.74 Å². The molecule has 3 heteroatoms. The molecular formula is C12H15ClO2. The maximum Gasteiger partial charge on any atom is 0.221 e. The Morgan fingerprint density at radius 1 is 1.47 bits per heavy atom. The zero-order valence-corrected chi connectivity index (χ0v) is 9.75. The van der Waals surface area contributed by atoms with Gasteiger partial charge in [0, 0.05) is 6.42 Å². The number of ether oxygens (including phenoxy) is 1. The molecule has 15 heavy (non-hydrogen) atoms. The normalized spacial score (nSPS) is 12.2. The maximum atomic E-state index is 10.7. The van der Waals surface area contributed by atoms with Gasteiger partial charge in [-0.25, -0.2) is 0 Å². The molecule has 1 aromatic rings. The molecule has 1 unspecified atom stereocenters. The fourth-order valence-electron chi connectivity index (χ4n) is 1.59. The fourth-order valence-corrected chi connectivity index (χ4v) is 1.86. The van der Waals surface area contributed by atoms with Gasteiger partial charge in [0.2, 0.25) is 5.24 Å². The molecule has 0 spiro atoms. The fraction of sp³-hybridized carbons (Fsp3) is 0.417. The van der Waals surface area contributed by atoms with Gasteiger partial charge in [0.05, 0.1) is 7.11 Å². The third kappa shape index (κ3) is 3.92. The van der Waals surface area contributed by atoms with Crippen molar-refractivity contribution in [1.29, 1.82) is 0 Å². The SMILES string of the molecule is COc1ccccc1CC(C)CC(=O)Cl. The van der Waals surface area contributed by atoms with E-state index in [2.05, 4.69) is 0 Å². The molecule has 2 nitrogen and oxygen atoms in total. The van der Waals surface area contributed by atoms with Crippen LogP contribution in [0.3, 0.4) is 0 Å². The second-order valence-electron chi connectivity index (χ2n) is 3.68. The molecule has 0 aromatic heterocycles. The Bertz CT molecular complexity index is 336. The highest BCUT2D eigenvalue weighted by Gasteiger charge is 2.10. The van der Waals surface area contributed by atoms with Gasteiger partial charge in [0.25, 0.3) is 0 Å². The van der Waals surface area contributed by atoms with Gasteiger partial charge in [-0.05, 0) is 35.6 Å². The van der Waals surface area contributed by atoms with E-state index in [1.54, 1.807) is 7.11 Å². The minimum atomic E-state index is -0.280. The van der Waals surface area contributed by atoms with Crippen molar-refractivity contribution in [1.82, 2.24) is 0 Å². The molecule has 82 valence electrons. The van der Waals surface area contributed by atoms with Crippen LogP contribution in [0.15, 0.2) is 24.3 Å². The van der Waals surface area contributed by atoms with Gasteiger partial charge in [-0.3, -0.25) is 4.79 Å². The molecule has 0 aliphatic rings. The van der Waals surface area contributed by atoms with Gasteiger partial charge in [0.1, 0.15) is 5.75 Å². The van der Waals surface area contributed by atoms with Crippen LogP contribution in [-0.2, 0) is 11.2 Å². The summed E-state index contributed by atoms with van der Waals surface area (Å²) in [6, 6.07) is 7.82. The highest BCUT2D eigenvalue weighted by Crippen LogP contribution is 2.22. The first-order chi connectivity index (χ1) is 7.13. The minimum absolute atomic E-state index is 0.242. The van der Waals surface area contributed by atoms with Crippen LogP contribution >= 0.6 is 11.6 Å². The predicted octanol–water partition coefficient (Wildman–Crippen LogP) is 3.03. The number of benzene rings is 1. The van der Waals surface area contributed by atoms with E-state index in [0.29, 0.717) is 6.42 Å². The van der Waals surface area contributed by atoms with Crippen LogP contribution in [0.4, 0.5) is 0 Å². The summed E-state index contributed by atoms with van der Waals surface area (Å²) in [5, 5.41) is -0.280. The Hall–Kier alpha value is -1.02. The molecule has 0 N–H and O–H groups in total. The summed E-state index contributed by atoms with van der Waals surface area (Å²) in [6.07, 6.45) is 1.21. The monoisotopic (exact) mass is 226 g/mol. The Kier molecular flexibility index (Phi) is 4.63. The van der Waals surface area contributed by atoms with Gasteiger partial charge in [-0.1, -0.05) is 25.1 Å². The van der Waals surface area contributed by atoms with Crippen molar-refractivity contribution in [2.24, 2.45) is 5.92 Å². The number of rotatable bonds is 5. The van der Waals surface area contributed by atoms with Crippen molar-refractivity contribution in [2.75, 3.05) is 7.11 Å². The molecule has 1 atom stereocenters. The van der Waals surface area contributed by atoms with E-state index in [9.17, 15) is 4.79 Å². The molecule has 1 aromatic carbocycles. The molecule has 0 amide bonds. The van der Waals surface area contributed by atoms with Crippen molar-refractivity contribution in [2.45, 2.75) is 19.8 Å². The third-order valence-corrected chi connectivity index (χ3v) is 2.42. The van der Waals surface area contributed by atoms with E-state index < -0.39 is 0 Å². The largest absolute Gasteiger partial charge is 0.496 e. The van der Waals surface area contributed by atoms with Crippen molar-refractivity contribution < 1.29 is 9.53 Å². The number of para-hydroxylation sites is 1. The summed E-state index contributed by atoms with van der Waals surface area (Å²) in [7, 11) is 1.65. The predicted molar refractivity (Wildman–Crippen MR) is 61.3 cm³/mol. The second kappa shape index (κ2) is 5.76. The molecule has 0 saturated heterocycles. The average molecular weight is 227 g/mol. The molecule has 0 heterocycles. The van der Waals surface area contributed by atoms with E-state index in [1.807, 2.05) is 31.2 Å². The molecule has 0 radical (unpaired) electrons. The lowest BCUT2D eigenvalue weighted by Gasteiger charge is -2.12. The number of methoxy groups -OCH3 is 1. The van der Waals surface area contributed by atoms with Crippen molar-refractivity contribution in [3.63, 3.8) is 0 Å². The first kappa shape index (κ1) is 12.1.